The maximum absolute atomic E-state index is 6.07. The van der Waals surface area contributed by atoms with Crippen molar-refractivity contribution in [3.8, 4) is 39.9 Å². The fraction of sp³-hybridized carbons (Fsp3) is 0.250. The van der Waals surface area contributed by atoms with Crippen LogP contribution in [0.4, 0.5) is 0 Å². The van der Waals surface area contributed by atoms with Crippen LogP contribution in [-0.4, -0.2) is 56.7 Å². The molecule has 0 aliphatic carbocycles. The number of aromatic nitrogens is 5. The smallest absolute Gasteiger partial charge is 0.213 e. The highest BCUT2D eigenvalue weighted by Gasteiger charge is 2.43. The SMILES string of the molecule is Clc1cccc(-c2nc(-c3ccc(-c4ccc(O[C@H]5CO[C@@H]6CCO[C@H]56)nc4)nc3)n[nH]2)c1. The first-order valence-corrected chi connectivity index (χ1v) is 11.1. The Morgan fingerprint density at radius 1 is 0.970 bits per heavy atom. The topological polar surface area (TPSA) is 95.0 Å². The lowest BCUT2D eigenvalue weighted by molar-refractivity contribution is 0.0289. The van der Waals surface area contributed by atoms with Gasteiger partial charge in [0.15, 0.2) is 17.8 Å². The first-order chi connectivity index (χ1) is 16.2. The van der Waals surface area contributed by atoms with E-state index >= 15 is 0 Å². The van der Waals surface area contributed by atoms with Crippen molar-refractivity contribution < 1.29 is 14.2 Å². The molecule has 166 valence electrons. The molecule has 2 fully saturated rings. The quantitative estimate of drug-likeness (QED) is 0.476. The number of hydrogen-bond acceptors (Lipinski definition) is 7. The minimum absolute atomic E-state index is 0.00395. The molecule has 1 aromatic carbocycles. The summed E-state index contributed by atoms with van der Waals surface area (Å²) in [6, 6.07) is 15.1. The molecule has 0 saturated carbocycles. The van der Waals surface area contributed by atoms with Crippen molar-refractivity contribution in [2.45, 2.75) is 24.7 Å². The van der Waals surface area contributed by atoms with Crippen LogP contribution in [-0.2, 0) is 9.47 Å². The number of H-pyrrole nitrogens is 1. The summed E-state index contributed by atoms with van der Waals surface area (Å²) >= 11 is 6.07. The van der Waals surface area contributed by atoms with Gasteiger partial charge in [-0.05, 0) is 36.8 Å². The molecule has 1 N–H and O–H groups in total. The molecule has 0 unspecified atom stereocenters. The van der Waals surface area contributed by atoms with Crippen LogP contribution < -0.4 is 4.74 Å². The summed E-state index contributed by atoms with van der Waals surface area (Å²) in [5.74, 6) is 1.77. The molecule has 4 aromatic rings. The van der Waals surface area contributed by atoms with E-state index in [4.69, 9.17) is 25.8 Å². The van der Waals surface area contributed by atoms with Gasteiger partial charge in [-0.25, -0.2) is 9.97 Å². The number of nitrogens with one attached hydrogen (secondary N) is 1. The molecule has 0 spiro atoms. The third kappa shape index (κ3) is 4.08. The number of halogens is 1. The maximum Gasteiger partial charge on any atom is 0.213 e. The monoisotopic (exact) mass is 461 g/mol. The summed E-state index contributed by atoms with van der Waals surface area (Å²) in [5.41, 5.74) is 3.37. The van der Waals surface area contributed by atoms with E-state index in [0.29, 0.717) is 29.2 Å². The van der Waals surface area contributed by atoms with Crippen molar-refractivity contribution in [2.24, 2.45) is 0 Å². The minimum atomic E-state index is -0.119. The Bertz CT molecular complexity index is 1260. The van der Waals surface area contributed by atoms with E-state index in [2.05, 4.69) is 25.1 Å². The lowest BCUT2D eigenvalue weighted by Crippen LogP contribution is -2.32. The van der Waals surface area contributed by atoms with Crippen LogP contribution in [0.25, 0.3) is 34.0 Å². The second kappa shape index (κ2) is 8.55. The van der Waals surface area contributed by atoms with Gasteiger partial charge in [-0.2, -0.15) is 5.10 Å². The van der Waals surface area contributed by atoms with Gasteiger partial charge in [-0.15, -0.1) is 0 Å². The third-order valence-electron chi connectivity index (χ3n) is 5.83. The number of hydrogen-bond donors (Lipinski definition) is 1. The molecule has 5 heterocycles. The van der Waals surface area contributed by atoms with Crippen molar-refractivity contribution in [2.75, 3.05) is 13.2 Å². The number of rotatable bonds is 5. The van der Waals surface area contributed by atoms with Crippen molar-refractivity contribution in [1.82, 2.24) is 25.1 Å². The molecule has 3 aromatic heterocycles. The summed E-state index contributed by atoms with van der Waals surface area (Å²) in [4.78, 5) is 13.6. The van der Waals surface area contributed by atoms with E-state index in [9.17, 15) is 0 Å². The predicted octanol–water partition coefficient (Wildman–Crippen LogP) is 4.18. The zero-order valence-corrected chi connectivity index (χ0v) is 18.3. The molecule has 2 aliphatic rings. The molecule has 9 heteroatoms. The van der Waals surface area contributed by atoms with Gasteiger partial charge in [0.2, 0.25) is 5.88 Å². The lowest BCUT2D eigenvalue weighted by atomic mass is 10.1. The predicted molar refractivity (Wildman–Crippen MR) is 122 cm³/mol. The molecular formula is C24H20ClN5O3. The average Bonchev–Trinajstić information content (AvgIpc) is 3.59. The summed E-state index contributed by atoms with van der Waals surface area (Å²) in [6.07, 6.45) is 4.45. The van der Waals surface area contributed by atoms with Crippen molar-refractivity contribution >= 4 is 11.6 Å². The van der Waals surface area contributed by atoms with E-state index in [-0.39, 0.29) is 18.3 Å². The fourth-order valence-corrected chi connectivity index (χ4v) is 4.33. The molecular weight excluding hydrogens is 442 g/mol. The van der Waals surface area contributed by atoms with E-state index in [1.54, 1.807) is 12.4 Å². The minimum Gasteiger partial charge on any atom is -0.469 e. The number of fused-ring (bicyclic) bond motifs is 1. The van der Waals surface area contributed by atoms with Gasteiger partial charge in [-0.3, -0.25) is 10.1 Å². The van der Waals surface area contributed by atoms with E-state index < -0.39 is 0 Å². The molecule has 3 atom stereocenters. The molecule has 33 heavy (non-hydrogen) atoms. The first-order valence-electron chi connectivity index (χ1n) is 10.7. The number of pyridine rings is 2. The van der Waals surface area contributed by atoms with Crippen molar-refractivity contribution in [1.29, 1.82) is 0 Å². The Hall–Kier alpha value is -3.33. The highest BCUT2D eigenvalue weighted by molar-refractivity contribution is 6.30. The van der Waals surface area contributed by atoms with Gasteiger partial charge in [0.1, 0.15) is 6.10 Å². The molecule has 6 rings (SSSR count). The normalized spacial score (nSPS) is 21.8. The van der Waals surface area contributed by atoms with Gasteiger partial charge in [0.25, 0.3) is 0 Å². The highest BCUT2D eigenvalue weighted by Crippen LogP contribution is 2.30. The van der Waals surface area contributed by atoms with E-state index in [1.165, 1.54) is 0 Å². The Balaban J connectivity index is 1.15. The first kappa shape index (κ1) is 20.3. The average molecular weight is 462 g/mol. The number of nitrogens with zero attached hydrogens (tertiary/aromatic N) is 4. The molecule has 8 nitrogen and oxygen atoms in total. The number of benzene rings is 1. The second-order valence-electron chi connectivity index (χ2n) is 7.99. The second-order valence-corrected chi connectivity index (χ2v) is 8.42. The van der Waals surface area contributed by atoms with E-state index in [1.807, 2.05) is 48.5 Å². The Kier molecular flexibility index (Phi) is 5.26. The molecule has 0 amide bonds. The standard InChI is InChI=1S/C24H20ClN5O3/c25-17-3-1-2-14(10-17)23-28-24(30-29-23)16-4-6-18(26-12-16)15-5-7-21(27-11-15)33-20-13-32-19-8-9-31-22(19)20/h1-7,10-12,19-20,22H,8-9,13H2,(H,28,29,30)/t19-,20+,22+/m1/s1. The molecule has 0 bridgehead atoms. The summed E-state index contributed by atoms with van der Waals surface area (Å²) in [7, 11) is 0. The summed E-state index contributed by atoms with van der Waals surface area (Å²) in [6.45, 7) is 1.25. The summed E-state index contributed by atoms with van der Waals surface area (Å²) < 4.78 is 17.4. The van der Waals surface area contributed by atoms with Crippen LogP contribution in [0, 0.1) is 0 Å². The Morgan fingerprint density at radius 2 is 1.88 bits per heavy atom. The van der Waals surface area contributed by atoms with Gasteiger partial charge >= 0.3 is 0 Å². The third-order valence-corrected chi connectivity index (χ3v) is 6.06. The molecule has 2 aliphatic heterocycles. The van der Waals surface area contributed by atoms with Gasteiger partial charge in [0, 0.05) is 46.8 Å². The van der Waals surface area contributed by atoms with Crippen LogP contribution in [0.1, 0.15) is 6.42 Å². The van der Waals surface area contributed by atoms with Crippen LogP contribution >= 0.6 is 11.6 Å². The summed E-state index contributed by atoms with van der Waals surface area (Å²) in [5, 5.41) is 7.91. The lowest BCUT2D eigenvalue weighted by Gasteiger charge is -2.17. The molecule has 0 radical (unpaired) electrons. The van der Waals surface area contributed by atoms with Crippen LogP contribution in [0.5, 0.6) is 5.88 Å². The molecule has 2 saturated heterocycles. The van der Waals surface area contributed by atoms with Crippen molar-refractivity contribution in [3.63, 3.8) is 0 Å². The van der Waals surface area contributed by atoms with Crippen LogP contribution in [0.3, 0.4) is 0 Å². The number of ether oxygens (including phenoxy) is 3. The van der Waals surface area contributed by atoms with Crippen molar-refractivity contribution in [3.05, 3.63) is 65.9 Å². The van der Waals surface area contributed by atoms with Crippen LogP contribution in [0.15, 0.2) is 60.9 Å². The van der Waals surface area contributed by atoms with Crippen LogP contribution in [0.2, 0.25) is 5.02 Å². The van der Waals surface area contributed by atoms with Gasteiger partial charge in [0.05, 0.1) is 18.4 Å². The Morgan fingerprint density at radius 3 is 2.70 bits per heavy atom. The maximum atomic E-state index is 6.07. The van der Waals surface area contributed by atoms with E-state index in [0.717, 1.165) is 35.4 Å². The highest BCUT2D eigenvalue weighted by atomic mass is 35.5. The van der Waals surface area contributed by atoms with Gasteiger partial charge in [-0.1, -0.05) is 23.7 Å². The largest absolute Gasteiger partial charge is 0.469 e. The van der Waals surface area contributed by atoms with Gasteiger partial charge < -0.3 is 14.2 Å². The fourth-order valence-electron chi connectivity index (χ4n) is 4.14. The number of aromatic amines is 1. The zero-order chi connectivity index (χ0) is 22.2. The Labute approximate surface area is 194 Å². The zero-order valence-electron chi connectivity index (χ0n) is 17.5.